The monoisotopic (exact) mass is 498 g/mol. The van der Waals surface area contributed by atoms with Crippen molar-refractivity contribution in [2.24, 2.45) is 5.73 Å². The molecule has 0 unspecified atom stereocenters. The first-order valence-corrected chi connectivity index (χ1v) is 11.4. The number of pyridine rings is 1. The summed E-state index contributed by atoms with van der Waals surface area (Å²) in [7, 11) is 5.42. The van der Waals surface area contributed by atoms with Crippen molar-refractivity contribution in [3.8, 4) is 51.5 Å². The van der Waals surface area contributed by atoms with Gasteiger partial charge in [-0.05, 0) is 50.5 Å². The van der Waals surface area contributed by atoms with E-state index in [0.29, 0.717) is 64.4 Å². The lowest BCUT2D eigenvalue weighted by atomic mass is 10.0. The van der Waals surface area contributed by atoms with E-state index in [1.54, 1.807) is 50.4 Å². The molecule has 0 aliphatic rings. The number of primary amides is 1. The number of methoxy groups -OCH3 is 1. The van der Waals surface area contributed by atoms with Gasteiger partial charge in [-0.15, -0.1) is 0 Å². The first-order chi connectivity index (χ1) is 17.8. The molecule has 0 saturated heterocycles. The summed E-state index contributed by atoms with van der Waals surface area (Å²) in [4.78, 5) is 23.3. The van der Waals surface area contributed by atoms with Crippen LogP contribution in [0.15, 0.2) is 53.1 Å². The van der Waals surface area contributed by atoms with Gasteiger partial charge in [0.1, 0.15) is 24.2 Å². The van der Waals surface area contributed by atoms with Crippen LogP contribution in [-0.2, 0) is 0 Å². The Labute approximate surface area is 214 Å². The van der Waals surface area contributed by atoms with Crippen molar-refractivity contribution >= 4 is 5.91 Å². The fourth-order valence-electron chi connectivity index (χ4n) is 3.71. The van der Waals surface area contributed by atoms with E-state index in [1.165, 1.54) is 0 Å². The lowest BCUT2D eigenvalue weighted by molar-refractivity contribution is 0.100. The second-order valence-corrected chi connectivity index (χ2v) is 8.48. The minimum atomic E-state index is -0.622. The number of nitrogens with zero attached hydrogens (tertiary/aromatic N) is 5. The molecule has 188 valence electrons. The highest BCUT2D eigenvalue weighted by Gasteiger charge is 2.18. The number of carbonyl (C=O) groups excluding carboxylic acids is 1. The van der Waals surface area contributed by atoms with Crippen molar-refractivity contribution in [3.05, 3.63) is 65.5 Å². The number of nitrogens with two attached hydrogens (primary N) is 1. The van der Waals surface area contributed by atoms with E-state index in [4.69, 9.17) is 24.7 Å². The number of hydrogen-bond acceptors (Lipinski definition) is 9. The number of likely N-dealkylation sites (N-methyl/N-ethyl adjacent to an activating group) is 1. The molecule has 0 atom stereocenters. The van der Waals surface area contributed by atoms with Crippen LogP contribution < -0.4 is 15.2 Å². The molecule has 0 aliphatic heterocycles. The summed E-state index contributed by atoms with van der Waals surface area (Å²) in [5.74, 6) is 1.22. The highest BCUT2D eigenvalue weighted by molar-refractivity contribution is 5.99. The average Bonchev–Trinajstić information content (AvgIpc) is 3.33. The number of nitriles is 1. The molecule has 1 amide bonds. The van der Waals surface area contributed by atoms with E-state index in [2.05, 4.69) is 16.2 Å². The first kappa shape index (κ1) is 25.3. The van der Waals surface area contributed by atoms with Crippen LogP contribution >= 0.6 is 0 Å². The van der Waals surface area contributed by atoms with Gasteiger partial charge in [0.25, 0.3) is 5.91 Å². The Morgan fingerprint density at radius 2 is 1.84 bits per heavy atom. The molecule has 37 heavy (non-hydrogen) atoms. The summed E-state index contributed by atoms with van der Waals surface area (Å²) in [5.41, 5.74) is 9.23. The van der Waals surface area contributed by atoms with Crippen molar-refractivity contribution in [3.63, 3.8) is 0 Å². The lowest BCUT2D eigenvalue weighted by Crippen LogP contribution is -2.19. The molecule has 10 heteroatoms. The van der Waals surface area contributed by atoms with Gasteiger partial charge in [0.15, 0.2) is 0 Å². The third-order valence-electron chi connectivity index (χ3n) is 5.60. The highest BCUT2D eigenvalue weighted by Crippen LogP contribution is 2.35. The van der Waals surface area contributed by atoms with Crippen LogP contribution in [0.1, 0.15) is 21.8 Å². The van der Waals surface area contributed by atoms with Crippen molar-refractivity contribution in [2.45, 2.75) is 6.92 Å². The quantitative estimate of drug-likeness (QED) is 0.366. The minimum absolute atomic E-state index is 0.241. The number of amides is 1. The molecular weight excluding hydrogens is 472 g/mol. The van der Waals surface area contributed by atoms with E-state index < -0.39 is 5.91 Å². The maximum Gasteiger partial charge on any atom is 0.250 e. The van der Waals surface area contributed by atoms with Crippen molar-refractivity contribution in [1.29, 1.82) is 5.26 Å². The van der Waals surface area contributed by atoms with Crippen LogP contribution in [0.4, 0.5) is 0 Å². The van der Waals surface area contributed by atoms with Gasteiger partial charge in [-0.25, -0.2) is 4.98 Å². The van der Waals surface area contributed by atoms with E-state index in [-0.39, 0.29) is 5.56 Å². The minimum Gasteiger partial charge on any atom is -0.496 e. The number of ether oxygens (including phenoxy) is 2. The van der Waals surface area contributed by atoms with Crippen LogP contribution in [0.3, 0.4) is 0 Å². The van der Waals surface area contributed by atoms with Crippen LogP contribution in [0.25, 0.3) is 33.9 Å². The largest absolute Gasteiger partial charge is 0.496 e. The summed E-state index contributed by atoms with van der Waals surface area (Å²) >= 11 is 0. The second kappa shape index (κ2) is 10.9. The molecular formula is C27H26N6O4. The van der Waals surface area contributed by atoms with Crippen LogP contribution in [0.2, 0.25) is 0 Å². The van der Waals surface area contributed by atoms with Gasteiger partial charge < -0.3 is 24.6 Å². The molecule has 0 fully saturated rings. The van der Waals surface area contributed by atoms with Crippen LogP contribution in [0.5, 0.6) is 11.5 Å². The fourth-order valence-corrected chi connectivity index (χ4v) is 3.71. The topological polar surface area (TPSA) is 140 Å². The molecule has 4 rings (SSSR count). The van der Waals surface area contributed by atoms with E-state index >= 15 is 0 Å². The van der Waals surface area contributed by atoms with Gasteiger partial charge in [0.05, 0.1) is 29.6 Å². The molecule has 4 aromatic rings. The predicted octanol–water partition coefficient (Wildman–Crippen LogP) is 3.69. The zero-order valence-electron chi connectivity index (χ0n) is 21.0. The van der Waals surface area contributed by atoms with E-state index in [9.17, 15) is 10.1 Å². The van der Waals surface area contributed by atoms with Gasteiger partial charge in [-0.2, -0.15) is 10.2 Å². The average molecular weight is 499 g/mol. The van der Waals surface area contributed by atoms with Gasteiger partial charge >= 0.3 is 0 Å². The molecule has 2 N–H and O–H groups in total. The number of benzene rings is 2. The zero-order valence-corrected chi connectivity index (χ0v) is 21.0. The van der Waals surface area contributed by atoms with E-state index in [0.717, 1.165) is 5.56 Å². The molecule has 10 nitrogen and oxygen atoms in total. The van der Waals surface area contributed by atoms with Crippen LogP contribution in [-0.4, -0.2) is 60.3 Å². The molecule has 0 aliphatic carbocycles. The number of hydrogen-bond donors (Lipinski definition) is 1. The summed E-state index contributed by atoms with van der Waals surface area (Å²) in [6.45, 7) is 2.79. The predicted molar refractivity (Wildman–Crippen MR) is 137 cm³/mol. The Morgan fingerprint density at radius 3 is 2.49 bits per heavy atom. The Hall–Kier alpha value is -4.75. The van der Waals surface area contributed by atoms with Gasteiger partial charge in [0.2, 0.25) is 11.7 Å². The number of carbonyl (C=O) groups is 1. The standard InChI is InChI=1S/C27H26N6O4/c1-16-30-27(32-37-16)18-7-8-20(24(14-18)35-4)22-10-9-21(26(29)34)25(31-22)17-5-6-19(15-28)23(13-17)36-12-11-33(2)3/h5-10,13-14H,11-12H2,1-4H3,(H2,29,34). The van der Waals surface area contributed by atoms with E-state index in [1.807, 2.05) is 31.1 Å². The highest BCUT2D eigenvalue weighted by atomic mass is 16.5. The molecule has 2 aromatic heterocycles. The summed E-state index contributed by atoms with van der Waals surface area (Å²) < 4.78 is 16.6. The SMILES string of the molecule is COc1cc(-c2noc(C)n2)ccc1-c1ccc(C(N)=O)c(-c2ccc(C#N)c(OCCN(C)C)c2)n1. The van der Waals surface area contributed by atoms with Crippen molar-refractivity contribution < 1.29 is 18.8 Å². The molecule has 0 radical (unpaired) electrons. The Bertz CT molecular complexity index is 1490. The Morgan fingerprint density at radius 1 is 1.08 bits per heavy atom. The smallest absolute Gasteiger partial charge is 0.250 e. The lowest BCUT2D eigenvalue weighted by Gasteiger charge is -2.15. The maximum absolute atomic E-state index is 12.3. The zero-order chi connectivity index (χ0) is 26.5. The maximum atomic E-state index is 12.3. The molecule has 0 spiro atoms. The first-order valence-electron chi connectivity index (χ1n) is 11.4. The Balaban J connectivity index is 1.78. The third kappa shape index (κ3) is 5.58. The van der Waals surface area contributed by atoms with Gasteiger partial charge in [0, 0.05) is 30.2 Å². The molecule has 0 saturated carbocycles. The second-order valence-electron chi connectivity index (χ2n) is 8.48. The number of aryl methyl sites for hydroxylation is 1. The number of aromatic nitrogens is 3. The molecule has 0 bridgehead atoms. The Kier molecular flexibility index (Phi) is 7.46. The van der Waals surface area contributed by atoms with Crippen molar-refractivity contribution in [2.75, 3.05) is 34.4 Å². The normalized spacial score (nSPS) is 10.8. The van der Waals surface area contributed by atoms with Gasteiger partial charge in [-0.3, -0.25) is 4.79 Å². The van der Waals surface area contributed by atoms with Crippen LogP contribution in [0, 0.1) is 18.3 Å². The number of rotatable bonds is 9. The van der Waals surface area contributed by atoms with Gasteiger partial charge in [-0.1, -0.05) is 17.3 Å². The summed E-state index contributed by atoms with van der Waals surface area (Å²) in [6, 6.07) is 16.0. The third-order valence-corrected chi connectivity index (χ3v) is 5.60. The molecule has 2 heterocycles. The summed E-state index contributed by atoms with van der Waals surface area (Å²) in [5, 5.41) is 13.5. The fraction of sp³-hybridized carbons (Fsp3) is 0.222. The summed E-state index contributed by atoms with van der Waals surface area (Å²) in [6.07, 6.45) is 0. The van der Waals surface area contributed by atoms with Crippen molar-refractivity contribution in [1.82, 2.24) is 20.0 Å². The molecule has 2 aromatic carbocycles.